The molecule has 3 heterocycles. The van der Waals surface area contributed by atoms with Gasteiger partial charge >= 0.3 is 0 Å². The van der Waals surface area contributed by atoms with Crippen LogP contribution < -0.4 is 0 Å². The Morgan fingerprint density at radius 2 is 1.43 bits per heavy atom. The van der Waals surface area contributed by atoms with Crippen molar-refractivity contribution in [2.24, 2.45) is 11.8 Å². The highest BCUT2D eigenvalue weighted by molar-refractivity contribution is 7.84. The lowest BCUT2D eigenvalue weighted by Crippen LogP contribution is -2.44. The van der Waals surface area contributed by atoms with Gasteiger partial charge in [0, 0.05) is 19.2 Å². The van der Waals surface area contributed by atoms with Gasteiger partial charge in [0.15, 0.2) is 0 Å². The number of carbonyl (C=O) groups is 2. The fourth-order valence-corrected chi connectivity index (χ4v) is 6.46. The molecule has 0 spiro atoms. The maximum absolute atomic E-state index is 13.1. The van der Waals surface area contributed by atoms with Crippen molar-refractivity contribution in [1.29, 1.82) is 0 Å². The number of quaternary nitrogens is 1. The van der Waals surface area contributed by atoms with Gasteiger partial charge in [0.2, 0.25) is 11.8 Å². The molecule has 0 aliphatic carbocycles. The summed E-state index contributed by atoms with van der Waals surface area (Å²) in [6.07, 6.45) is 17.9. The minimum atomic E-state index is -3.92. The summed E-state index contributed by atoms with van der Waals surface area (Å²) in [5.41, 5.74) is -0.359. The topological polar surface area (TPSA) is 104 Å². The zero-order valence-electron chi connectivity index (χ0n) is 24.0. The van der Waals surface area contributed by atoms with E-state index in [4.69, 9.17) is 17.7 Å². The largest absolute Gasteiger partial charge is 0.748 e. The van der Waals surface area contributed by atoms with Gasteiger partial charge in [-0.15, -0.1) is 0 Å². The molecule has 3 aliphatic heterocycles. The normalized spacial score (nSPS) is 27.0. The van der Waals surface area contributed by atoms with Crippen molar-refractivity contribution in [1.82, 2.24) is 4.90 Å². The summed E-state index contributed by atoms with van der Waals surface area (Å²) < 4.78 is 34.4. The van der Waals surface area contributed by atoms with Gasteiger partial charge in [0.1, 0.15) is 0 Å². The van der Waals surface area contributed by atoms with E-state index in [9.17, 15) is 9.59 Å². The van der Waals surface area contributed by atoms with Gasteiger partial charge in [-0.1, -0.05) is 65.2 Å². The van der Waals surface area contributed by atoms with Crippen LogP contribution in [0, 0.1) is 11.8 Å². The van der Waals surface area contributed by atoms with E-state index in [-0.39, 0.29) is 35.4 Å². The Balaban J connectivity index is 0.000000877. The maximum Gasteiger partial charge on any atom is 0.236 e. The number of rotatable bonds is 16. The predicted molar refractivity (Wildman–Crippen MR) is 145 cm³/mol. The molecule has 3 saturated heterocycles. The zero-order valence-corrected chi connectivity index (χ0v) is 24.8. The van der Waals surface area contributed by atoms with Gasteiger partial charge in [-0.25, -0.2) is 8.42 Å². The number of likely N-dealkylation sites (tertiary alicyclic amines) is 1. The molecule has 37 heavy (non-hydrogen) atoms. The van der Waals surface area contributed by atoms with E-state index in [0.29, 0.717) is 12.8 Å². The first kappa shape index (κ1) is 32.2. The Morgan fingerprint density at radius 1 is 0.919 bits per heavy atom. The highest BCUT2D eigenvalue weighted by Gasteiger charge is 2.68. The van der Waals surface area contributed by atoms with E-state index in [0.717, 1.165) is 36.7 Å². The van der Waals surface area contributed by atoms with Gasteiger partial charge in [0.25, 0.3) is 0 Å². The third kappa shape index (κ3) is 9.59. The Labute approximate surface area is 225 Å². The number of amides is 2. The molecule has 0 unspecified atom stereocenters. The van der Waals surface area contributed by atoms with Crippen LogP contribution in [0.15, 0.2) is 0 Å². The molecular formula is C28H52N2O6S. The number of carbonyl (C=O) groups excluding carboxylic acids is 2. The average molecular weight is 545 g/mol. The molecule has 0 aromatic carbocycles. The SMILES string of the molecule is CCCCCCCCCCCC[N+](C)(C)CCCN1C(=O)[C@H]2[C@@H](C1=O)[C@]1(CC)CC[C@H]2O1.CS(=O)(=O)[O-]. The number of hydrogen-bond donors (Lipinski definition) is 0. The van der Waals surface area contributed by atoms with E-state index in [1.54, 1.807) is 4.90 Å². The van der Waals surface area contributed by atoms with Crippen molar-refractivity contribution in [2.45, 2.75) is 115 Å². The molecule has 2 bridgehead atoms. The van der Waals surface area contributed by atoms with Crippen LogP contribution in [0.5, 0.6) is 0 Å². The molecular weight excluding hydrogens is 492 g/mol. The highest BCUT2D eigenvalue weighted by Crippen LogP contribution is 2.56. The standard InChI is InChI=1S/C27H49N2O3.CH4O3S/c1-5-7-8-9-10-11-12-13-14-15-20-29(3,4)21-16-19-28-25(30)23-22-17-18-27(6-2,32-22)24(23)26(28)31;1-5(2,3)4/h22-24H,5-21H2,1-4H3;1H3,(H,2,3,4)/q+1;/p-1/t22-,23-,24+,27+;/m1./s1. The van der Waals surface area contributed by atoms with Crippen LogP contribution >= 0.6 is 0 Å². The van der Waals surface area contributed by atoms with E-state index >= 15 is 0 Å². The monoisotopic (exact) mass is 544 g/mol. The first-order valence-corrected chi connectivity index (χ1v) is 16.4. The van der Waals surface area contributed by atoms with Crippen molar-refractivity contribution in [3.63, 3.8) is 0 Å². The highest BCUT2D eigenvalue weighted by atomic mass is 32.2. The summed E-state index contributed by atoms with van der Waals surface area (Å²) in [5, 5.41) is 0. The summed E-state index contributed by atoms with van der Waals surface area (Å²) in [6, 6.07) is 0. The Hall–Kier alpha value is -1.03. The molecule has 9 heteroatoms. The Bertz CT molecular complexity index is 838. The molecule has 3 rings (SSSR count). The molecule has 0 N–H and O–H groups in total. The molecule has 2 amide bonds. The van der Waals surface area contributed by atoms with Crippen LogP contribution in [-0.2, 0) is 24.4 Å². The third-order valence-electron chi connectivity index (χ3n) is 8.51. The van der Waals surface area contributed by atoms with Crippen molar-refractivity contribution >= 4 is 21.9 Å². The second kappa shape index (κ2) is 14.4. The number of hydrogen-bond acceptors (Lipinski definition) is 6. The molecule has 3 aliphatic rings. The van der Waals surface area contributed by atoms with Crippen molar-refractivity contribution in [3.8, 4) is 0 Å². The van der Waals surface area contributed by atoms with Crippen LogP contribution in [0.4, 0.5) is 0 Å². The van der Waals surface area contributed by atoms with Crippen LogP contribution in [0.3, 0.4) is 0 Å². The van der Waals surface area contributed by atoms with Crippen LogP contribution in [-0.4, -0.2) is 85.9 Å². The molecule has 0 aromatic heterocycles. The Kier molecular flexibility index (Phi) is 12.5. The minimum Gasteiger partial charge on any atom is -0.748 e. The second-order valence-corrected chi connectivity index (χ2v) is 13.5. The molecule has 3 fully saturated rings. The fraction of sp³-hybridized carbons (Fsp3) is 0.929. The van der Waals surface area contributed by atoms with Crippen LogP contribution in [0.2, 0.25) is 0 Å². The molecule has 0 radical (unpaired) electrons. The smallest absolute Gasteiger partial charge is 0.236 e. The summed E-state index contributed by atoms with van der Waals surface area (Å²) in [7, 11) is 0.659. The van der Waals surface area contributed by atoms with Gasteiger partial charge in [-0.3, -0.25) is 14.5 Å². The van der Waals surface area contributed by atoms with E-state index in [2.05, 4.69) is 27.9 Å². The summed E-state index contributed by atoms with van der Waals surface area (Å²) in [6.45, 7) is 7.15. The number of ether oxygens (including phenoxy) is 1. The fourth-order valence-electron chi connectivity index (χ4n) is 6.46. The Morgan fingerprint density at radius 3 is 1.97 bits per heavy atom. The lowest BCUT2D eigenvalue weighted by molar-refractivity contribution is -0.890. The lowest BCUT2D eigenvalue weighted by Gasteiger charge is -2.31. The van der Waals surface area contributed by atoms with E-state index in [1.807, 2.05) is 0 Å². The van der Waals surface area contributed by atoms with Crippen LogP contribution in [0.1, 0.15) is 104 Å². The van der Waals surface area contributed by atoms with Crippen LogP contribution in [0.25, 0.3) is 0 Å². The minimum absolute atomic E-state index is 0.0232. The molecule has 4 atom stereocenters. The maximum atomic E-state index is 13.1. The number of imide groups is 1. The lowest BCUT2D eigenvalue weighted by atomic mass is 9.72. The van der Waals surface area contributed by atoms with E-state index in [1.165, 1.54) is 70.8 Å². The molecule has 0 aromatic rings. The van der Waals surface area contributed by atoms with Crippen molar-refractivity contribution in [3.05, 3.63) is 0 Å². The number of unbranched alkanes of at least 4 members (excludes halogenated alkanes) is 9. The van der Waals surface area contributed by atoms with Gasteiger partial charge < -0.3 is 13.8 Å². The third-order valence-corrected chi connectivity index (χ3v) is 8.51. The van der Waals surface area contributed by atoms with Crippen molar-refractivity contribution in [2.75, 3.05) is 40.0 Å². The van der Waals surface area contributed by atoms with E-state index < -0.39 is 10.1 Å². The van der Waals surface area contributed by atoms with Gasteiger partial charge in [-0.05, 0) is 32.1 Å². The second-order valence-electron chi connectivity index (χ2n) is 12.1. The predicted octanol–water partition coefficient (Wildman–Crippen LogP) is 4.48. The number of nitrogens with zero attached hydrogens (tertiary/aromatic N) is 2. The summed E-state index contributed by atoms with van der Waals surface area (Å²) >= 11 is 0. The molecule has 8 nitrogen and oxygen atoms in total. The number of fused-ring (bicyclic) bond motifs is 5. The van der Waals surface area contributed by atoms with Crippen molar-refractivity contribution < 1.29 is 31.8 Å². The first-order chi connectivity index (χ1) is 17.4. The quantitative estimate of drug-likeness (QED) is 0.123. The van der Waals surface area contributed by atoms with Gasteiger partial charge in [0.05, 0.1) is 60.8 Å². The molecule has 216 valence electrons. The van der Waals surface area contributed by atoms with Gasteiger partial charge in [-0.2, -0.15) is 0 Å². The zero-order chi connectivity index (χ0) is 27.7. The summed E-state index contributed by atoms with van der Waals surface area (Å²) in [5.74, 6) is -0.331. The molecule has 0 saturated carbocycles. The summed E-state index contributed by atoms with van der Waals surface area (Å²) in [4.78, 5) is 27.7. The first-order valence-electron chi connectivity index (χ1n) is 14.6. The average Bonchev–Trinajstić information content (AvgIpc) is 3.45.